The van der Waals surface area contributed by atoms with E-state index in [4.69, 9.17) is 9.16 Å². The molecule has 2 aromatic rings. The Morgan fingerprint density at radius 3 is 2.14 bits per heavy atom. The van der Waals surface area contributed by atoms with E-state index in [1.165, 1.54) is 10.4 Å². The van der Waals surface area contributed by atoms with Crippen LogP contribution in [0.5, 0.6) is 0 Å². The molecule has 1 aliphatic rings. The zero-order valence-corrected chi connectivity index (χ0v) is 19.1. The maximum atomic E-state index is 7.03. The standard InChI is InChI=1S/C25H35NO2Si/c1-5-21(26-22-13-12-18-27-19-22)20-28-29(25(2,3)4,23-14-8-6-9-15-23)24-16-10-7-11-17-24/h5-11,14-17,21-22,26H,1,12-13,18-20H2,2-4H3. The predicted octanol–water partition coefficient (Wildman–Crippen LogP) is 3.89. The molecule has 4 heteroatoms. The van der Waals surface area contributed by atoms with Crippen molar-refractivity contribution < 1.29 is 9.16 Å². The summed E-state index contributed by atoms with van der Waals surface area (Å²) >= 11 is 0. The van der Waals surface area contributed by atoms with E-state index in [0.717, 1.165) is 26.1 Å². The lowest BCUT2D eigenvalue weighted by Crippen LogP contribution is -2.67. The molecule has 0 aromatic heterocycles. The molecule has 3 nitrogen and oxygen atoms in total. The van der Waals surface area contributed by atoms with Crippen molar-refractivity contribution in [2.45, 2.75) is 50.7 Å². The van der Waals surface area contributed by atoms with Crippen LogP contribution >= 0.6 is 0 Å². The maximum absolute atomic E-state index is 7.03. The van der Waals surface area contributed by atoms with Crippen molar-refractivity contribution in [3.63, 3.8) is 0 Å². The van der Waals surface area contributed by atoms with E-state index in [2.05, 4.69) is 93.3 Å². The zero-order chi connectivity index (χ0) is 20.7. The van der Waals surface area contributed by atoms with Crippen molar-refractivity contribution in [2.75, 3.05) is 19.8 Å². The number of hydrogen-bond donors (Lipinski definition) is 1. The molecule has 2 aromatic carbocycles. The minimum absolute atomic E-state index is 0.0185. The van der Waals surface area contributed by atoms with Gasteiger partial charge in [0.2, 0.25) is 0 Å². The monoisotopic (exact) mass is 409 g/mol. The fourth-order valence-electron chi connectivity index (χ4n) is 4.34. The molecule has 1 saturated heterocycles. The predicted molar refractivity (Wildman–Crippen MR) is 125 cm³/mol. The molecular formula is C25H35NO2Si. The number of hydrogen-bond acceptors (Lipinski definition) is 3. The summed E-state index contributed by atoms with van der Waals surface area (Å²) in [4.78, 5) is 0. The summed E-state index contributed by atoms with van der Waals surface area (Å²) in [6, 6.07) is 22.0. The van der Waals surface area contributed by atoms with Gasteiger partial charge in [-0.2, -0.15) is 0 Å². The first-order chi connectivity index (χ1) is 14.0. The second-order valence-electron chi connectivity index (χ2n) is 8.90. The summed E-state index contributed by atoms with van der Waals surface area (Å²) in [5, 5.41) is 6.28. The van der Waals surface area contributed by atoms with Crippen LogP contribution in [0.4, 0.5) is 0 Å². The lowest BCUT2D eigenvalue weighted by molar-refractivity contribution is 0.0657. The van der Waals surface area contributed by atoms with Gasteiger partial charge in [0.15, 0.2) is 0 Å². The minimum Gasteiger partial charge on any atom is -0.405 e. The van der Waals surface area contributed by atoms with Gasteiger partial charge in [0.25, 0.3) is 8.32 Å². The van der Waals surface area contributed by atoms with E-state index >= 15 is 0 Å². The maximum Gasteiger partial charge on any atom is 0.261 e. The third kappa shape index (κ3) is 5.07. The van der Waals surface area contributed by atoms with Crippen molar-refractivity contribution in [2.24, 2.45) is 0 Å². The molecule has 1 fully saturated rings. The van der Waals surface area contributed by atoms with Gasteiger partial charge in [0.1, 0.15) is 0 Å². The zero-order valence-electron chi connectivity index (χ0n) is 18.1. The summed E-state index contributed by atoms with van der Waals surface area (Å²) in [6.07, 6.45) is 4.23. The van der Waals surface area contributed by atoms with Crippen LogP contribution in [0, 0.1) is 0 Å². The number of rotatable bonds is 8. The molecule has 3 rings (SSSR count). The van der Waals surface area contributed by atoms with Gasteiger partial charge in [-0.1, -0.05) is 87.5 Å². The minimum atomic E-state index is -2.51. The van der Waals surface area contributed by atoms with Gasteiger partial charge in [0, 0.05) is 18.7 Å². The van der Waals surface area contributed by atoms with E-state index < -0.39 is 8.32 Å². The van der Waals surface area contributed by atoms with Crippen molar-refractivity contribution in [3.8, 4) is 0 Å². The topological polar surface area (TPSA) is 30.5 Å². The Morgan fingerprint density at radius 2 is 1.69 bits per heavy atom. The second kappa shape index (κ2) is 9.85. The fraction of sp³-hybridized carbons (Fsp3) is 0.440. The highest BCUT2D eigenvalue weighted by Crippen LogP contribution is 2.36. The van der Waals surface area contributed by atoms with Gasteiger partial charge in [-0.3, -0.25) is 0 Å². The van der Waals surface area contributed by atoms with Gasteiger partial charge in [0.05, 0.1) is 13.2 Å². The largest absolute Gasteiger partial charge is 0.405 e. The molecule has 156 valence electrons. The van der Waals surface area contributed by atoms with Crippen LogP contribution in [0.2, 0.25) is 5.04 Å². The average molecular weight is 410 g/mol. The quantitative estimate of drug-likeness (QED) is 0.530. The molecule has 0 radical (unpaired) electrons. The Bertz CT molecular complexity index is 712. The lowest BCUT2D eigenvalue weighted by Gasteiger charge is -2.43. The van der Waals surface area contributed by atoms with Crippen LogP contribution in [0.3, 0.4) is 0 Å². The fourth-order valence-corrected chi connectivity index (χ4v) is 8.92. The third-order valence-corrected chi connectivity index (χ3v) is 10.8. The van der Waals surface area contributed by atoms with Crippen LogP contribution in [-0.4, -0.2) is 40.2 Å². The molecule has 0 spiro atoms. The first kappa shape index (κ1) is 22.0. The normalized spacial score (nSPS) is 18.9. The molecule has 1 heterocycles. The summed E-state index contributed by atoms with van der Waals surface area (Å²) in [7, 11) is -2.51. The molecular weight excluding hydrogens is 374 g/mol. The Kier molecular flexibility index (Phi) is 7.47. The highest BCUT2D eigenvalue weighted by atomic mass is 28.4. The van der Waals surface area contributed by atoms with Crippen LogP contribution < -0.4 is 15.7 Å². The Morgan fingerprint density at radius 1 is 1.10 bits per heavy atom. The van der Waals surface area contributed by atoms with Crippen molar-refractivity contribution in [1.29, 1.82) is 0 Å². The molecule has 1 N–H and O–H groups in total. The molecule has 0 aliphatic carbocycles. The molecule has 1 aliphatic heterocycles. The Balaban J connectivity index is 1.91. The summed E-state index contributed by atoms with van der Waals surface area (Å²) in [5.74, 6) is 0. The van der Waals surface area contributed by atoms with Crippen molar-refractivity contribution >= 4 is 18.7 Å². The first-order valence-corrected chi connectivity index (χ1v) is 12.6. The summed E-state index contributed by atoms with van der Waals surface area (Å²) in [6.45, 7) is 13.2. The van der Waals surface area contributed by atoms with Gasteiger partial charge in [-0.15, -0.1) is 6.58 Å². The van der Waals surface area contributed by atoms with Crippen LogP contribution in [0.15, 0.2) is 73.3 Å². The van der Waals surface area contributed by atoms with Crippen molar-refractivity contribution in [1.82, 2.24) is 5.32 Å². The van der Waals surface area contributed by atoms with Crippen LogP contribution in [0.25, 0.3) is 0 Å². The van der Waals surface area contributed by atoms with Gasteiger partial charge in [-0.25, -0.2) is 0 Å². The smallest absolute Gasteiger partial charge is 0.261 e. The summed E-state index contributed by atoms with van der Waals surface area (Å²) < 4.78 is 12.7. The molecule has 29 heavy (non-hydrogen) atoms. The number of ether oxygens (including phenoxy) is 1. The first-order valence-electron chi connectivity index (χ1n) is 10.7. The van der Waals surface area contributed by atoms with E-state index in [0.29, 0.717) is 12.6 Å². The van der Waals surface area contributed by atoms with Gasteiger partial charge < -0.3 is 14.5 Å². The Labute approximate surface area is 177 Å². The van der Waals surface area contributed by atoms with E-state index in [1.54, 1.807) is 0 Å². The molecule has 2 unspecified atom stereocenters. The second-order valence-corrected chi connectivity index (χ2v) is 13.2. The van der Waals surface area contributed by atoms with Gasteiger partial charge >= 0.3 is 0 Å². The molecule has 0 bridgehead atoms. The lowest BCUT2D eigenvalue weighted by atomic mass is 10.1. The number of benzene rings is 2. The third-order valence-electron chi connectivity index (χ3n) is 5.79. The van der Waals surface area contributed by atoms with Crippen LogP contribution in [0.1, 0.15) is 33.6 Å². The molecule has 2 atom stereocenters. The van der Waals surface area contributed by atoms with E-state index in [-0.39, 0.29) is 11.1 Å². The van der Waals surface area contributed by atoms with Crippen LogP contribution in [-0.2, 0) is 9.16 Å². The van der Waals surface area contributed by atoms with Crippen molar-refractivity contribution in [3.05, 3.63) is 73.3 Å². The molecule has 0 amide bonds. The van der Waals surface area contributed by atoms with E-state index in [1.807, 2.05) is 6.08 Å². The van der Waals surface area contributed by atoms with Gasteiger partial charge in [-0.05, 0) is 28.3 Å². The highest BCUT2D eigenvalue weighted by Gasteiger charge is 2.50. The Hall–Kier alpha value is -1.72. The summed E-state index contributed by atoms with van der Waals surface area (Å²) in [5.41, 5.74) is 0. The average Bonchev–Trinajstić information content (AvgIpc) is 2.74. The van der Waals surface area contributed by atoms with E-state index in [9.17, 15) is 0 Å². The number of nitrogens with one attached hydrogen (secondary N) is 1. The SMILES string of the molecule is C=CC(CO[Si](c1ccccc1)(c1ccccc1)C(C)(C)C)NC1CCCOC1. The highest BCUT2D eigenvalue weighted by molar-refractivity contribution is 6.99. The molecule has 0 saturated carbocycles.